The van der Waals surface area contributed by atoms with Crippen LogP contribution in [0, 0.1) is 0 Å². The SMILES string of the molecule is COC(=O)c1ccc2cc(C(C(=O)CO)c3ccc(OC)cc3)ccc2c1. The number of aliphatic hydroxyl groups is 1. The van der Waals surface area contributed by atoms with E-state index in [1.165, 1.54) is 7.11 Å². The number of methoxy groups -OCH3 is 2. The van der Waals surface area contributed by atoms with Crippen molar-refractivity contribution in [1.29, 1.82) is 0 Å². The van der Waals surface area contributed by atoms with Crippen molar-refractivity contribution < 1.29 is 24.2 Å². The highest BCUT2D eigenvalue weighted by Gasteiger charge is 2.22. The first kappa shape index (κ1) is 18.6. The number of benzene rings is 3. The van der Waals surface area contributed by atoms with Gasteiger partial charge in [0, 0.05) is 0 Å². The summed E-state index contributed by atoms with van der Waals surface area (Å²) < 4.78 is 9.92. The molecule has 0 aliphatic carbocycles. The van der Waals surface area contributed by atoms with Crippen molar-refractivity contribution in [1.82, 2.24) is 0 Å². The molecule has 0 bridgehead atoms. The fourth-order valence-electron chi connectivity index (χ4n) is 3.14. The maximum atomic E-state index is 12.4. The molecule has 1 N–H and O–H groups in total. The van der Waals surface area contributed by atoms with Gasteiger partial charge in [-0.1, -0.05) is 36.4 Å². The molecule has 3 aromatic rings. The molecule has 27 heavy (non-hydrogen) atoms. The Morgan fingerprint density at radius 3 is 2.15 bits per heavy atom. The Kier molecular flexibility index (Phi) is 5.52. The number of hydrogen-bond acceptors (Lipinski definition) is 5. The highest BCUT2D eigenvalue weighted by Crippen LogP contribution is 2.30. The molecule has 0 spiro atoms. The number of fused-ring (bicyclic) bond motifs is 1. The van der Waals surface area contributed by atoms with Gasteiger partial charge in [0.05, 0.1) is 25.7 Å². The molecule has 0 aliphatic rings. The van der Waals surface area contributed by atoms with Gasteiger partial charge in [0.2, 0.25) is 0 Å². The van der Waals surface area contributed by atoms with E-state index in [0.29, 0.717) is 11.3 Å². The number of carbonyl (C=O) groups is 2. The molecule has 3 aromatic carbocycles. The van der Waals surface area contributed by atoms with Crippen LogP contribution in [0.1, 0.15) is 27.4 Å². The molecular weight excluding hydrogens is 344 g/mol. The molecule has 0 radical (unpaired) electrons. The molecule has 0 saturated carbocycles. The summed E-state index contributed by atoms with van der Waals surface area (Å²) in [4.78, 5) is 24.1. The van der Waals surface area contributed by atoms with Crippen LogP contribution in [0.25, 0.3) is 10.8 Å². The van der Waals surface area contributed by atoms with E-state index in [0.717, 1.165) is 21.9 Å². The van der Waals surface area contributed by atoms with E-state index in [-0.39, 0.29) is 5.78 Å². The molecule has 0 heterocycles. The van der Waals surface area contributed by atoms with Crippen LogP contribution in [0.3, 0.4) is 0 Å². The van der Waals surface area contributed by atoms with Crippen molar-refractivity contribution in [2.45, 2.75) is 5.92 Å². The summed E-state index contributed by atoms with van der Waals surface area (Å²) >= 11 is 0. The first-order valence-corrected chi connectivity index (χ1v) is 8.47. The van der Waals surface area contributed by atoms with E-state index in [9.17, 15) is 14.7 Å². The largest absolute Gasteiger partial charge is 0.497 e. The maximum Gasteiger partial charge on any atom is 0.337 e. The zero-order valence-corrected chi connectivity index (χ0v) is 15.1. The van der Waals surface area contributed by atoms with E-state index < -0.39 is 18.5 Å². The molecule has 5 nitrogen and oxygen atoms in total. The number of esters is 1. The van der Waals surface area contributed by atoms with Crippen LogP contribution in [0.15, 0.2) is 60.7 Å². The highest BCUT2D eigenvalue weighted by atomic mass is 16.5. The molecule has 1 unspecified atom stereocenters. The summed E-state index contributed by atoms with van der Waals surface area (Å²) in [5.74, 6) is -0.563. The third-order valence-electron chi connectivity index (χ3n) is 4.55. The van der Waals surface area contributed by atoms with E-state index >= 15 is 0 Å². The molecule has 5 heteroatoms. The van der Waals surface area contributed by atoms with Gasteiger partial charge in [-0.25, -0.2) is 4.79 Å². The van der Waals surface area contributed by atoms with Crippen molar-refractivity contribution >= 4 is 22.5 Å². The zero-order valence-electron chi connectivity index (χ0n) is 15.1. The summed E-state index contributed by atoms with van der Waals surface area (Å²) in [7, 11) is 2.92. The monoisotopic (exact) mass is 364 g/mol. The van der Waals surface area contributed by atoms with E-state index in [2.05, 4.69) is 0 Å². The molecular formula is C22H20O5. The molecule has 138 valence electrons. The normalized spacial score (nSPS) is 11.8. The maximum absolute atomic E-state index is 12.4. The lowest BCUT2D eigenvalue weighted by molar-refractivity contribution is -0.122. The lowest BCUT2D eigenvalue weighted by Gasteiger charge is -2.17. The molecule has 1 atom stereocenters. The van der Waals surface area contributed by atoms with Crippen LogP contribution in [0.5, 0.6) is 5.75 Å². The van der Waals surface area contributed by atoms with Crippen LogP contribution in [0.2, 0.25) is 0 Å². The minimum atomic E-state index is -0.578. The van der Waals surface area contributed by atoms with Gasteiger partial charge in [-0.2, -0.15) is 0 Å². The van der Waals surface area contributed by atoms with Gasteiger partial charge in [-0.05, 0) is 46.2 Å². The average molecular weight is 364 g/mol. The van der Waals surface area contributed by atoms with E-state index in [1.807, 2.05) is 36.4 Å². The van der Waals surface area contributed by atoms with Crippen molar-refractivity contribution in [2.75, 3.05) is 20.8 Å². The van der Waals surface area contributed by atoms with Crippen molar-refractivity contribution in [3.05, 3.63) is 77.4 Å². The van der Waals surface area contributed by atoms with Crippen LogP contribution in [0.4, 0.5) is 0 Å². The van der Waals surface area contributed by atoms with Crippen LogP contribution in [-0.2, 0) is 9.53 Å². The number of hydrogen-bond donors (Lipinski definition) is 1. The third kappa shape index (κ3) is 3.83. The van der Waals surface area contributed by atoms with Crippen LogP contribution >= 0.6 is 0 Å². The third-order valence-corrected chi connectivity index (χ3v) is 4.55. The van der Waals surface area contributed by atoms with Gasteiger partial charge in [0.1, 0.15) is 12.4 Å². The molecule has 0 aliphatic heterocycles. The van der Waals surface area contributed by atoms with Gasteiger partial charge in [-0.3, -0.25) is 4.79 Å². The fraction of sp³-hybridized carbons (Fsp3) is 0.182. The summed E-state index contributed by atoms with van der Waals surface area (Å²) in [5, 5.41) is 11.2. The lowest BCUT2D eigenvalue weighted by Crippen LogP contribution is -2.17. The molecule has 0 amide bonds. The van der Waals surface area contributed by atoms with Crippen molar-refractivity contribution in [2.24, 2.45) is 0 Å². The summed E-state index contributed by atoms with van der Waals surface area (Å²) in [6.45, 7) is -0.546. The van der Waals surface area contributed by atoms with Gasteiger partial charge in [-0.15, -0.1) is 0 Å². The second-order valence-electron chi connectivity index (χ2n) is 6.14. The van der Waals surface area contributed by atoms with Crippen molar-refractivity contribution in [3.63, 3.8) is 0 Å². The second kappa shape index (κ2) is 8.01. The second-order valence-corrected chi connectivity index (χ2v) is 6.14. The number of aliphatic hydroxyl groups excluding tert-OH is 1. The van der Waals surface area contributed by atoms with Gasteiger partial charge in [0.25, 0.3) is 0 Å². The van der Waals surface area contributed by atoms with Crippen LogP contribution in [-0.4, -0.2) is 37.7 Å². The molecule has 0 aromatic heterocycles. The highest BCUT2D eigenvalue weighted by molar-refractivity contribution is 5.96. The van der Waals surface area contributed by atoms with Crippen molar-refractivity contribution in [3.8, 4) is 5.75 Å². The predicted molar refractivity (Wildman–Crippen MR) is 102 cm³/mol. The standard InChI is InChI=1S/C22H20O5/c1-26-19-9-7-14(8-10-19)21(20(24)13-23)17-5-3-16-12-18(22(25)27-2)6-4-15(16)11-17/h3-12,21,23H,13H2,1-2H3. The van der Waals surface area contributed by atoms with E-state index in [1.54, 1.807) is 31.4 Å². The smallest absolute Gasteiger partial charge is 0.337 e. The number of carbonyl (C=O) groups excluding carboxylic acids is 2. The fourth-order valence-corrected chi connectivity index (χ4v) is 3.14. The first-order chi connectivity index (χ1) is 13.1. The molecule has 0 saturated heterocycles. The Morgan fingerprint density at radius 1 is 0.889 bits per heavy atom. The Morgan fingerprint density at radius 2 is 1.52 bits per heavy atom. The van der Waals surface area contributed by atoms with Gasteiger partial charge in [0.15, 0.2) is 5.78 Å². The number of rotatable bonds is 6. The quantitative estimate of drug-likeness (QED) is 0.679. The molecule has 0 fully saturated rings. The minimum Gasteiger partial charge on any atom is -0.497 e. The van der Waals surface area contributed by atoms with Gasteiger partial charge >= 0.3 is 5.97 Å². The Bertz CT molecular complexity index is 976. The molecule has 3 rings (SSSR count). The number of ketones is 1. The number of ether oxygens (including phenoxy) is 2. The Labute approximate surface area is 157 Å². The average Bonchev–Trinajstić information content (AvgIpc) is 2.73. The minimum absolute atomic E-state index is 0.286. The topological polar surface area (TPSA) is 72.8 Å². The summed E-state index contributed by atoms with van der Waals surface area (Å²) in [5.41, 5.74) is 2.02. The van der Waals surface area contributed by atoms with E-state index in [4.69, 9.17) is 9.47 Å². The van der Waals surface area contributed by atoms with Crippen LogP contribution < -0.4 is 4.74 Å². The van der Waals surface area contributed by atoms with Gasteiger partial charge < -0.3 is 14.6 Å². The lowest BCUT2D eigenvalue weighted by atomic mass is 9.86. The Hall–Kier alpha value is -3.18. The summed E-state index contributed by atoms with van der Waals surface area (Å²) in [6, 6.07) is 18.1. The Balaban J connectivity index is 2.04. The predicted octanol–water partition coefficient (Wildman–Crippen LogP) is 3.33. The number of Topliss-reactive ketones (excluding diaryl/α,β-unsaturated/α-hetero) is 1. The zero-order chi connectivity index (χ0) is 19.4. The first-order valence-electron chi connectivity index (χ1n) is 8.47. The summed E-state index contributed by atoms with van der Waals surface area (Å²) in [6.07, 6.45) is 0.